The minimum absolute atomic E-state index is 0.0242. The lowest BCUT2D eigenvalue weighted by molar-refractivity contribution is 0.0714. The zero-order valence-electron chi connectivity index (χ0n) is 10.8. The normalized spacial score (nSPS) is 19.7. The highest BCUT2D eigenvalue weighted by molar-refractivity contribution is 6.99. The number of nitrogens with one attached hydrogen (secondary N) is 1. The molecule has 1 amide bonds. The van der Waals surface area contributed by atoms with Crippen LogP contribution in [0.4, 0.5) is 0 Å². The van der Waals surface area contributed by atoms with E-state index < -0.39 is 0 Å². The van der Waals surface area contributed by atoms with Crippen LogP contribution in [0.15, 0.2) is 6.20 Å². The van der Waals surface area contributed by atoms with E-state index in [0.717, 1.165) is 44.3 Å². The van der Waals surface area contributed by atoms with Crippen LogP contribution in [0.5, 0.6) is 0 Å². The molecule has 2 heterocycles. The van der Waals surface area contributed by atoms with Gasteiger partial charge in [0.15, 0.2) is 5.69 Å². The molecular formula is C12H20N4OS. The van der Waals surface area contributed by atoms with Gasteiger partial charge in [-0.15, -0.1) is 0 Å². The van der Waals surface area contributed by atoms with Gasteiger partial charge in [-0.25, -0.2) is 0 Å². The maximum absolute atomic E-state index is 12.3. The van der Waals surface area contributed by atoms with E-state index in [-0.39, 0.29) is 5.91 Å². The largest absolute Gasteiger partial charge is 0.337 e. The predicted octanol–water partition coefficient (Wildman–Crippen LogP) is 1.39. The van der Waals surface area contributed by atoms with Crippen molar-refractivity contribution in [2.24, 2.45) is 5.92 Å². The molecule has 0 radical (unpaired) electrons. The fourth-order valence-corrected chi connectivity index (χ4v) is 2.77. The summed E-state index contributed by atoms with van der Waals surface area (Å²) in [6.07, 6.45) is 4.95. The Hall–Kier alpha value is -1.01. The van der Waals surface area contributed by atoms with Crippen molar-refractivity contribution >= 4 is 17.6 Å². The number of carbonyl (C=O) groups is 1. The molecule has 0 aliphatic carbocycles. The van der Waals surface area contributed by atoms with Crippen LogP contribution >= 0.6 is 11.7 Å². The number of carbonyl (C=O) groups excluding carboxylic acids is 1. The third kappa shape index (κ3) is 3.49. The van der Waals surface area contributed by atoms with Crippen molar-refractivity contribution in [1.29, 1.82) is 0 Å². The number of hydrogen-bond donors (Lipinski definition) is 1. The van der Waals surface area contributed by atoms with Gasteiger partial charge in [0.25, 0.3) is 5.91 Å². The summed E-state index contributed by atoms with van der Waals surface area (Å²) in [6, 6.07) is 0. The summed E-state index contributed by atoms with van der Waals surface area (Å²) < 4.78 is 7.94. The van der Waals surface area contributed by atoms with E-state index in [1.807, 2.05) is 4.90 Å². The lowest BCUT2D eigenvalue weighted by atomic mass is 9.99. The van der Waals surface area contributed by atoms with Crippen LogP contribution in [0.3, 0.4) is 0 Å². The second-order valence-corrected chi connectivity index (χ2v) is 5.31. The van der Waals surface area contributed by atoms with E-state index in [1.165, 1.54) is 12.8 Å². The van der Waals surface area contributed by atoms with Gasteiger partial charge in [0.1, 0.15) is 0 Å². The van der Waals surface area contributed by atoms with Gasteiger partial charge in [-0.3, -0.25) is 4.79 Å². The molecule has 0 saturated carbocycles. The van der Waals surface area contributed by atoms with Crippen LogP contribution in [0.25, 0.3) is 0 Å². The Kier molecular flexibility index (Phi) is 5.07. The van der Waals surface area contributed by atoms with Gasteiger partial charge in [-0.2, -0.15) is 8.75 Å². The van der Waals surface area contributed by atoms with E-state index in [2.05, 4.69) is 21.0 Å². The molecule has 1 aliphatic rings. The van der Waals surface area contributed by atoms with Crippen molar-refractivity contribution in [1.82, 2.24) is 19.0 Å². The zero-order valence-corrected chi connectivity index (χ0v) is 11.6. The highest BCUT2D eigenvalue weighted by Gasteiger charge is 2.22. The highest BCUT2D eigenvalue weighted by atomic mass is 32.1. The molecule has 1 aromatic heterocycles. The predicted molar refractivity (Wildman–Crippen MR) is 71.7 cm³/mol. The summed E-state index contributed by atoms with van der Waals surface area (Å²) in [5, 5.41) is 3.39. The van der Waals surface area contributed by atoms with E-state index in [9.17, 15) is 4.79 Å². The van der Waals surface area contributed by atoms with Crippen molar-refractivity contribution in [3.63, 3.8) is 0 Å². The molecule has 5 nitrogen and oxygen atoms in total. The summed E-state index contributed by atoms with van der Waals surface area (Å²) >= 11 is 1.09. The Bertz CT molecular complexity index is 362. The zero-order chi connectivity index (χ0) is 12.8. The molecule has 0 spiro atoms. The maximum Gasteiger partial charge on any atom is 0.275 e. The Morgan fingerprint density at radius 1 is 1.67 bits per heavy atom. The smallest absolute Gasteiger partial charge is 0.275 e. The second kappa shape index (κ2) is 6.80. The SMILES string of the molecule is CCCN(CC1CCCNC1)C(=O)c1cnsn1. The van der Waals surface area contributed by atoms with Crippen LogP contribution < -0.4 is 5.32 Å². The number of hydrogen-bond acceptors (Lipinski definition) is 5. The van der Waals surface area contributed by atoms with E-state index >= 15 is 0 Å². The maximum atomic E-state index is 12.3. The first-order chi connectivity index (χ1) is 8.81. The Balaban J connectivity index is 1.96. The first-order valence-corrected chi connectivity index (χ1v) is 7.32. The van der Waals surface area contributed by atoms with Gasteiger partial charge in [-0.1, -0.05) is 6.92 Å². The number of amides is 1. The van der Waals surface area contributed by atoms with Gasteiger partial charge in [-0.05, 0) is 38.3 Å². The number of rotatable bonds is 5. The first-order valence-electron chi connectivity index (χ1n) is 6.58. The van der Waals surface area contributed by atoms with Crippen LogP contribution in [0, 0.1) is 5.92 Å². The third-order valence-corrected chi connectivity index (χ3v) is 3.72. The average Bonchev–Trinajstić information content (AvgIpc) is 2.92. The third-order valence-electron chi connectivity index (χ3n) is 3.24. The average molecular weight is 268 g/mol. The van der Waals surface area contributed by atoms with Crippen LogP contribution in [-0.2, 0) is 0 Å². The molecule has 1 unspecified atom stereocenters. The molecule has 100 valence electrons. The quantitative estimate of drug-likeness (QED) is 0.877. The van der Waals surface area contributed by atoms with Gasteiger partial charge in [0, 0.05) is 13.1 Å². The molecule has 1 aromatic rings. The summed E-state index contributed by atoms with van der Waals surface area (Å²) in [4.78, 5) is 14.2. The van der Waals surface area contributed by atoms with Crippen molar-refractivity contribution in [3.8, 4) is 0 Å². The molecule has 1 atom stereocenters. The van der Waals surface area contributed by atoms with Crippen LogP contribution in [0.2, 0.25) is 0 Å². The molecule has 6 heteroatoms. The summed E-state index contributed by atoms with van der Waals surface area (Å²) in [6.45, 7) is 5.85. The monoisotopic (exact) mass is 268 g/mol. The molecule has 1 fully saturated rings. The number of nitrogens with zero attached hydrogens (tertiary/aromatic N) is 3. The van der Waals surface area contributed by atoms with Gasteiger partial charge in [0.05, 0.1) is 17.9 Å². The van der Waals surface area contributed by atoms with E-state index in [0.29, 0.717) is 11.6 Å². The summed E-state index contributed by atoms with van der Waals surface area (Å²) in [5.41, 5.74) is 0.484. The van der Waals surface area contributed by atoms with Gasteiger partial charge >= 0.3 is 0 Å². The molecule has 0 bridgehead atoms. The Morgan fingerprint density at radius 2 is 2.56 bits per heavy atom. The Labute approximate surface area is 112 Å². The molecule has 1 saturated heterocycles. The van der Waals surface area contributed by atoms with Gasteiger partial charge < -0.3 is 10.2 Å². The number of piperidine rings is 1. The molecular weight excluding hydrogens is 248 g/mol. The topological polar surface area (TPSA) is 58.1 Å². The lowest BCUT2D eigenvalue weighted by Crippen LogP contribution is -2.41. The van der Waals surface area contributed by atoms with Gasteiger partial charge in [0.2, 0.25) is 0 Å². The second-order valence-electron chi connectivity index (χ2n) is 4.76. The van der Waals surface area contributed by atoms with Crippen molar-refractivity contribution < 1.29 is 4.79 Å². The minimum atomic E-state index is 0.0242. The fourth-order valence-electron chi connectivity index (χ4n) is 2.36. The van der Waals surface area contributed by atoms with Crippen molar-refractivity contribution in [2.45, 2.75) is 26.2 Å². The van der Waals surface area contributed by atoms with Crippen molar-refractivity contribution in [2.75, 3.05) is 26.2 Å². The lowest BCUT2D eigenvalue weighted by Gasteiger charge is -2.29. The number of aromatic nitrogens is 2. The summed E-state index contributed by atoms with van der Waals surface area (Å²) in [5.74, 6) is 0.594. The molecule has 2 rings (SSSR count). The van der Waals surface area contributed by atoms with Crippen molar-refractivity contribution in [3.05, 3.63) is 11.9 Å². The summed E-state index contributed by atoms with van der Waals surface area (Å²) in [7, 11) is 0. The minimum Gasteiger partial charge on any atom is -0.337 e. The fraction of sp³-hybridized carbons (Fsp3) is 0.750. The van der Waals surface area contributed by atoms with E-state index in [1.54, 1.807) is 6.20 Å². The first kappa shape index (κ1) is 13.4. The molecule has 1 aliphatic heterocycles. The molecule has 0 aromatic carbocycles. The van der Waals surface area contributed by atoms with Crippen LogP contribution in [0.1, 0.15) is 36.7 Å². The standard InChI is InChI=1S/C12H20N4OS/c1-2-6-16(9-10-4-3-5-13-7-10)12(17)11-8-14-18-15-11/h8,10,13H,2-7,9H2,1H3. The molecule has 1 N–H and O–H groups in total. The molecule has 18 heavy (non-hydrogen) atoms. The van der Waals surface area contributed by atoms with E-state index in [4.69, 9.17) is 0 Å². The highest BCUT2D eigenvalue weighted by Crippen LogP contribution is 2.14. The Morgan fingerprint density at radius 3 is 3.17 bits per heavy atom. The van der Waals surface area contributed by atoms with Crippen LogP contribution in [-0.4, -0.2) is 45.7 Å².